The van der Waals surface area contributed by atoms with Crippen LogP contribution in [0.3, 0.4) is 0 Å². The number of amides is 2. The molecule has 1 heterocycles. The maximum atomic E-state index is 12.0. The molecule has 1 spiro atoms. The molecular formula is C14H24N2O2. The van der Waals surface area contributed by atoms with Crippen LogP contribution in [0.25, 0.3) is 0 Å². The molecule has 2 amide bonds. The third-order valence-electron chi connectivity index (χ3n) is 4.10. The molecule has 0 unspecified atom stereocenters. The number of nitrogens with one attached hydrogen (secondary N) is 1. The average Bonchev–Trinajstić information content (AvgIpc) is 2.54. The standard InChI is InChI=1S/C14H24N2O2/c1-11(2)15-12(17)9-16-10-14(8-13(16)18)6-4-3-5-7-14/h11H,3-10H2,1-2H3,(H,15,17). The Hall–Kier alpha value is -1.06. The van der Waals surface area contributed by atoms with Crippen molar-refractivity contribution in [3.63, 3.8) is 0 Å². The fourth-order valence-electron chi connectivity index (χ4n) is 3.30. The van der Waals surface area contributed by atoms with Gasteiger partial charge >= 0.3 is 0 Å². The largest absolute Gasteiger partial charge is 0.352 e. The van der Waals surface area contributed by atoms with Gasteiger partial charge in [-0.05, 0) is 32.1 Å². The third-order valence-corrected chi connectivity index (χ3v) is 4.10. The van der Waals surface area contributed by atoms with E-state index in [2.05, 4.69) is 5.32 Å². The molecule has 1 saturated carbocycles. The van der Waals surface area contributed by atoms with Gasteiger partial charge in [0.15, 0.2) is 0 Å². The van der Waals surface area contributed by atoms with Gasteiger partial charge in [0.1, 0.15) is 0 Å². The second-order valence-corrected chi connectivity index (χ2v) is 6.21. The lowest BCUT2D eigenvalue weighted by atomic mass is 9.73. The van der Waals surface area contributed by atoms with Crippen LogP contribution in [0, 0.1) is 5.41 Å². The van der Waals surface area contributed by atoms with Crippen molar-refractivity contribution in [3.8, 4) is 0 Å². The highest BCUT2D eigenvalue weighted by Crippen LogP contribution is 2.43. The fourth-order valence-corrected chi connectivity index (χ4v) is 3.30. The highest BCUT2D eigenvalue weighted by Gasteiger charge is 2.43. The Labute approximate surface area is 109 Å². The molecule has 0 bridgehead atoms. The third kappa shape index (κ3) is 3.03. The van der Waals surface area contributed by atoms with Crippen LogP contribution >= 0.6 is 0 Å². The summed E-state index contributed by atoms with van der Waals surface area (Å²) in [6, 6.07) is 0.138. The van der Waals surface area contributed by atoms with Crippen molar-refractivity contribution in [1.82, 2.24) is 10.2 Å². The summed E-state index contributed by atoms with van der Waals surface area (Å²) < 4.78 is 0. The minimum absolute atomic E-state index is 0.0359. The molecule has 2 aliphatic rings. The van der Waals surface area contributed by atoms with E-state index in [4.69, 9.17) is 0 Å². The molecular weight excluding hydrogens is 228 g/mol. The molecule has 0 aromatic carbocycles. The van der Waals surface area contributed by atoms with Crippen LogP contribution in [-0.4, -0.2) is 35.8 Å². The van der Waals surface area contributed by atoms with Crippen LogP contribution in [0.4, 0.5) is 0 Å². The van der Waals surface area contributed by atoms with Gasteiger partial charge in [0.2, 0.25) is 11.8 Å². The zero-order valence-corrected chi connectivity index (χ0v) is 11.5. The maximum absolute atomic E-state index is 12.0. The van der Waals surface area contributed by atoms with Gasteiger partial charge in [-0.2, -0.15) is 0 Å². The molecule has 1 aliphatic carbocycles. The summed E-state index contributed by atoms with van der Waals surface area (Å²) in [5, 5.41) is 2.85. The van der Waals surface area contributed by atoms with E-state index in [1.54, 1.807) is 4.90 Å². The Bertz CT molecular complexity index is 333. The van der Waals surface area contributed by atoms with E-state index in [0.29, 0.717) is 6.42 Å². The summed E-state index contributed by atoms with van der Waals surface area (Å²) in [5.41, 5.74) is 0.188. The molecule has 1 saturated heterocycles. The number of hydrogen-bond acceptors (Lipinski definition) is 2. The van der Waals surface area contributed by atoms with Crippen molar-refractivity contribution in [2.24, 2.45) is 5.41 Å². The number of likely N-dealkylation sites (tertiary alicyclic amines) is 1. The summed E-state index contributed by atoms with van der Waals surface area (Å²) in [6.45, 7) is 4.90. The minimum atomic E-state index is -0.0359. The number of nitrogens with zero attached hydrogens (tertiary/aromatic N) is 1. The molecule has 102 valence electrons. The van der Waals surface area contributed by atoms with Gasteiger partial charge in [-0.3, -0.25) is 9.59 Å². The van der Waals surface area contributed by atoms with Crippen LogP contribution in [0.1, 0.15) is 52.4 Å². The maximum Gasteiger partial charge on any atom is 0.239 e. The van der Waals surface area contributed by atoms with Gasteiger partial charge < -0.3 is 10.2 Å². The first-order chi connectivity index (χ1) is 8.51. The van der Waals surface area contributed by atoms with Crippen molar-refractivity contribution in [2.75, 3.05) is 13.1 Å². The van der Waals surface area contributed by atoms with E-state index >= 15 is 0 Å². The van der Waals surface area contributed by atoms with Crippen molar-refractivity contribution in [1.29, 1.82) is 0 Å². The van der Waals surface area contributed by atoms with Crippen molar-refractivity contribution >= 4 is 11.8 Å². The molecule has 2 fully saturated rings. The molecule has 2 rings (SSSR count). The first-order valence-electron chi connectivity index (χ1n) is 7.08. The normalized spacial score (nSPS) is 22.8. The highest BCUT2D eigenvalue weighted by molar-refractivity contribution is 5.86. The number of rotatable bonds is 3. The Morgan fingerprint density at radius 3 is 2.61 bits per heavy atom. The minimum Gasteiger partial charge on any atom is -0.352 e. The zero-order valence-electron chi connectivity index (χ0n) is 11.5. The molecule has 18 heavy (non-hydrogen) atoms. The van der Waals surface area contributed by atoms with E-state index in [0.717, 1.165) is 19.4 Å². The molecule has 1 aliphatic heterocycles. The van der Waals surface area contributed by atoms with Crippen molar-refractivity contribution in [3.05, 3.63) is 0 Å². The lowest BCUT2D eigenvalue weighted by Crippen LogP contribution is -2.41. The van der Waals surface area contributed by atoms with E-state index in [-0.39, 0.29) is 29.8 Å². The van der Waals surface area contributed by atoms with E-state index in [1.165, 1.54) is 19.3 Å². The summed E-state index contributed by atoms with van der Waals surface area (Å²) in [7, 11) is 0. The second kappa shape index (κ2) is 5.29. The van der Waals surface area contributed by atoms with Crippen LogP contribution in [-0.2, 0) is 9.59 Å². The fraction of sp³-hybridized carbons (Fsp3) is 0.857. The predicted molar refractivity (Wildman–Crippen MR) is 70.0 cm³/mol. The molecule has 0 atom stereocenters. The van der Waals surface area contributed by atoms with Crippen LogP contribution in [0.5, 0.6) is 0 Å². The number of carbonyl (C=O) groups is 2. The predicted octanol–water partition coefficient (Wildman–Crippen LogP) is 1.69. The molecule has 0 aromatic heterocycles. The van der Waals surface area contributed by atoms with Crippen molar-refractivity contribution in [2.45, 2.75) is 58.4 Å². The first kappa shape index (κ1) is 13.4. The van der Waals surface area contributed by atoms with E-state index in [1.807, 2.05) is 13.8 Å². The summed E-state index contributed by atoms with van der Waals surface area (Å²) in [4.78, 5) is 25.5. The molecule has 4 heteroatoms. The van der Waals surface area contributed by atoms with Gasteiger partial charge in [-0.15, -0.1) is 0 Å². The quantitative estimate of drug-likeness (QED) is 0.831. The van der Waals surface area contributed by atoms with Gasteiger partial charge in [-0.25, -0.2) is 0 Å². The van der Waals surface area contributed by atoms with E-state index < -0.39 is 0 Å². The smallest absolute Gasteiger partial charge is 0.239 e. The monoisotopic (exact) mass is 252 g/mol. The molecule has 4 nitrogen and oxygen atoms in total. The lowest BCUT2D eigenvalue weighted by Gasteiger charge is -2.32. The Balaban J connectivity index is 1.90. The SMILES string of the molecule is CC(C)NC(=O)CN1CC2(CCCCC2)CC1=O. The topological polar surface area (TPSA) is 49.4 Å². The number of hydrogen-bond donors (Lipinski definition) is 1. The van der Waals surface area contributed by atoms with Crippen LogP contribution in [0.2, 0.25) is 0 Å². The van der Waals surface area contributed by atoms with Crippen LogP contribution in [0.15, 0.2) is 0 Å². The highest BCUT2D eigenvalue weighted by atomic mass is 16.2. The van der Waals surface area contributed by atoms with Crippen molar-refractivity contribution < 1.29 is 9.59 Å². The Morgan fingerprint density at radius 1 is 1.33 bits per heavy atom. The lowest BCUT2D eigenvalue weighted by molar-refractivity contribution is -0.133. The van der Waals surface area contributed by atoms with Crippen LogP contribution < -0.4 is 5.32 Å². The van der Waals surface area contributed by atoms with Gasteiger partial charge in [-0.1, -0.05) is 19.3 Å². The Morgan fingerprint density at radius 2 is 2.00 bits per heavy atom. The Kier molecular flexibility index (Phi) is 3.93. The summed E-state index contributed by atoms with van der Waals surface area (Å²) >= 11 is 0. The summed E-state index contributed by atoms with van der Waals surface area (Å²) in [6.07, 6.45) is 6.73. The molecule has 0 aromatic rings. The first-order valence-corrected chi connectivity index (χ1v) is 7.08. The average molecular weight is 252 g/mol. The van der Waals surface area contributed by atoms with Gasteiger partial charge in [0.05, 0.1) is 6.54 Å². The van der Waals surface area contributed by atoms with Gasteiger partial charge in [0, 0.05) is 19.0 Å². The van der Waals surface area contributed by atoms with E-state index in [9.17, 15) is 9.59 Å². The summed E-state index contributed by atoms with van der Waals surface area (Å²) in [5.74, 6) is 0.127. The molecule has 0 radical (unpaired) electrons. The molecule has 1 N–H and O–H groups in total. The van der Waals surface area contributed by atoms with Gasteiger partial charge in [0.25, 0.3) is 0 Å². The number of carbonyl (C=O) groups excluding carboxylic acids is 2. The second-order valence-electron chi connectivity index (χ2n) is 6.21. The zero-order chi connectivity index (χ0) is 13.2.